The molecule has 1 aromatic carbocycles. The van der Waals surface area contributed by atoms with Crippen LogP contribution < -0.4 is 0 Å². The normalized spacial score (nSPS) is 10.8. The van der Waals surface area contributed by atoms with Gasteiger partial charge >= 0.3 is 11.9 Å². The third kappa shape index (κ3) is 12.4. The largest absolute Gasteiger partial charge is 0.478 e. The molecule has 0 amide bonds. The summed E-state index contributed by atoms with van der Waals surface area (Å²) in [6.45, 7) is 7.38. The SMILES string of the molecule is CC(C)(CO)CO.CC(C)(CO)CO.O=C(O)c1cccc(C(=O)O)c1. The van der Waals surface area contributed by atoms with E-state index in [9.17, 15) is 9.59 Å². The molecule has 1 rings (SSSR count). The first-order valence-electron chi connectivity index (χ1n) is 7.86. The number of hydrogen-bond acceptors (Lipinski definition) is 6. The molecule has 0 heterocycles. The minimum atomic E-state index is -1.13. The van der Waals surface area contributed by atoms with Crippen LogP contribution in [0.2, 0.25) is 0 Å². The van der Waals surface area contributed by atoms with Crippen LogP contribution in [-0.2, 0) is 0 Å². The van der Waals surface area contributed by atoms with Crippen molar-refractivity contribution in [3.63, 3.8) is 0 Å². The number of rotatable bonds is 6. The van der Waals surface area contributed by atoms with Gasteiger partial charge in [0, 0.05) is 10.8 Å². The molecule has 0 aliphatic rings. The first-order valence-corrected chi connectivity index (χ1v) is 7.86. The van der Waals surface area contributed by atoms with E-state index in [-0.39, 0.29) is 48.4 Å². The molecule has 0 spiro atoms. The van der Waals surface area contributed by atoms with E-state index in [1.54, 1.807) is 27.7 Å². The minimum absolute atomic E-state index is 0.0186. The highest BCUT2D eigenvalue weighted by molar-refractivity contribution is 5.93. The van der Waals surface area contributed by atoms with Gasteiger partial charge in [-0.1, -0.05) is 33.8 Å². The Morgan fingerprint density at radius 1 is 0.731 bits per heavy atom. The maximum absolute atomic E-state index is 10.4. The van der Waals surface area contributed by atoms with E-state index in [1.165, 1.54) is 18.2 Å². The van der Waals surface area contributed by atoms with E-state index in [0.717, 1.165) is 6.07 Å². The summed E-state index contributed by atoms with van der Waals surface area (Å²) in [6, 6.07) is 5.20. The average Bonchev–Trinajstić information content (AvgIpc) is 2.62. The molecule has 0 radical (unpaired) electrons. The fraction of sp³-hybridized carbons (Fsp3) is 0.556. The lowest BCUT2D eigenvalue weighted by molar-refractivity contribution is 0.0696. The summed E-state index contributed by atoms with van der Waals surface area (Å²) >= 11 is 0. The quantitative estimate of drug-likeness (QED) is 0.432. The molecule has 8 nitrogen and oxygen atoms in total. The Morgan fingerprint density at radius 2 is 1.00 bits per heavy atom. The molecule has 0 unspecified atom stereocenters. The molecule has 0 aliphatic carbocycles. The van der Waals surface area contributed by atoms with Crippen molar-refractivity contribution in [2.75, 3.05) is 26.4 Å². The monoisotopic (exact) mass is 374 g/mol. The van der Waals surface area contributed by atoms with Crippen molar-refractivity contribution in [1.82, 2.24) is 0 Å². The number of carbonyl (C=O) groups is 2. The molecule has 0 saturated carbocycles. The zero-order chi connectivity index (χ0) is 21.0. The standard InChI is InChI=1S/C8H6O4.2C5H12O2/c9-7(10)5-2-1-3-6(4-5)8(11)12;2*1-5(2,3-6)4-7/h1-4H,(H,9,10)(H,11,12);2*6-7H,3-4H2,1-2H3. The van der Waals surface area contributed by atoms with Crippen LogP contribution in [0.15, 0.2) is 24.3 Å². The highest BCUT2D eigenvalue weighted by Crippen LogP contribution is 2.10. The average molecular weight is 374 g/mol. The third-order valence-corrected chi connectivity index (χ3v) is 3.07. The van der Waals surface area contributed by atoms with Gasteiger partial charge in [0.15, 0.2) is 0 Å². The first kappa shape index (κ1) is 26.2. The van der Waals surface area contributed by atoms with Gasteiger partial charge in [-0.25, -0.2) is 9.59 Å². The molecule has 150 valence electrons. The summed E-state index contributed by atoms with van der Waals surface area (Å²) in [7, 11) is 0. The molecule has 0 bridgehead atoms. The van der Waals surface area contributed by atoms with Crippen molar-refractivity contribution < 1.29 is 40.2 Å². The van der Waals surface area contributed by atoms with Gasteiger partial charge in [0.25, 0.3) is 0 Å². The number of carboxylic acid groups (broad SMARTS) is 2. The lowest BCUT2D eigenvalue weighted by Crippen LogP contribution is -2.20. The number of aliphatic hydroxyl groups is 4. The second kappa shape index (κ2) is 12.4. The Labute approximate surface area is 153 Å². The Bertz CT molecular complexity index is 495. The van der Waals surface area contributed by atoms with Crippen LogP contribution in [-0.4, -0.2) is 69.0 Å². The van der Waals surface area contributed by atoms with Gasteiger partial charge in [-0.15, -0.1) is 0 Å². The molecule has 26 heavy (non-hydrogen) atoms. The maximum atomic E-state index is 10.4. The zero-order valence-corrected chi connectivity index (χ0v) is 15.6. The summed E-state index contributed by atoms with van der Waals surface area (Å²) in [5, 5.41) is 50.7. The van der Waals surface area contributed by atoms with E-state index < -0.39 is 11.9 Å². The van der Waals surface area contributed by atoms with Crippen molar-refractivity contribution in [3.8, 4) is 0 Å². The number of carboxylic acids is 2. The Morgan fingerprint density at radius 3 is 1.15 bits per heavy atom. The molecule has 8 heteroatoms. The summed E-state index contributed by atoms with van der Waals surface area (Å²) in [6.07, 6.45) is 0. The van der Waals surface area contributed by atoms with E-state index in [1.807, 2.05) is 0 Å². The molecule has 0 fully saturated rings. The molecule has 0 atom stereocenters. The molecular formula is C18H30O8. The first-order chi connectivity index (χ1) is 11.9. The Balaban J connectivity index is 0. The molecule has 0 saturated heterocycles. The second-order valence-electron chi connectivity index (χ2n) is 7.15. The maximum Gasteiger partial charge on any atom is 0.335 e. The Kier molecular flexibility index (Phi) is 12.5. The summed E-state index contributed by atoms with van der Waals surface area (Å²) in [5.41, 5.74) is -0.648. The van der Waals surface area contributed by atoms with Gasteiger partial charge in [-0.3, -0.25) is 0 Å². The number of hydrogen-bond donors (Lipinski definition) is 6. The van der Waals surface area contributed by atoms with E-state index in [0.29, 0.717) is 0 Å². The van der Waals surface area contributed by atoms with Crippen molar-refractivity contribution in [2.24, 2.45) is 10.8 Å². The van der Waals surface area contributed by atoms with E-state index >= 15 is 0 Å². The summed E-state index contributed by atoms with van der Waals surface area (Å²) < 4.78 is 0. The van der Waals surface area contributed by atoms with Gasteiger partial charge in [-0.05, 0) is 18.2 Å². The molecule has 0 aliphatic heterocycles. The fourth-order valence-corrected chi connectivity index (χ4v) is 0.885. The minimum Gasteiger partial charge on any atom is -0.478 e. The second-order valence-corrected chi connectivity index (χ2v) is 7.15. The van der Waals surface area contributed by atoms with Crippen LogP contribution in [0.5, 0.6) is 0 Å². The molecule has 1 aromatic rings. The zero-order valence-electron chi connectivity index (χ0n) is 15.6. The lowest BCUT2D eigenvalue weighted by atomic mass is 9.97. The lowest BCUT2D eigenvalue weighted by Gasteiger charge is -2.16. The van der Waals surface area contributed by atoms with E-state index in [2.05, 4.69) is 0 Å². The van der Waals surface area contributed by atoms with Crippen LogP contribution >= 0.6 is 0 Å². The fourth-order valence-electron chi connectivity index (χ4n) is 0.885. The van der Waals surface area contributed by atoms with Crippen molar-refractivity contribution in [2.45, 2.75) is 27.7 Å². The van der Waals surface area contributed by atoms with Crippen LogP contribution in [0.3, 0.4) is 0 Å². The highest BCUT2D eigenvalue weighted by Gasteiger charge is 2.13. The van der Waals surface area contributed by atoms with Gasteiger partial charge in [-0.2, -0.15) is 0 Å². The van der Waals surface area contributed by atoms with Crippen LogP contribution in [0.4, 0.5) is 0 Å². The highest BCUT2D eigenvalue weighted by atomic mass is 16.4. The van der Waals surface area contributed by atoms with Crippen LogP contribution in [0, 0.1) is 10.8 Å². The van der Waals surface area contributed by atoms with Gasteiger partial charge in [0.05, 0.1) is 37.6 Å². The van der Waals surface area contributed by atoms with Crippen molar-refractivity contribution >= 4 is 11.9 Å². The predicted octanol–water partition coefficient (Wildman–Crippen LogP) is 1.08. The number of aliphatic hydroxyl groups excluding tert-OH is 4. The van der Waals surface area contributed by atoms with Crippen LogP contribution in [0.25, 0.3) is 0 Å². The predicted molar refractivity (Wildman–Crippen MR) is 96.3 cm³/mol. The Hall–Kier alpha value is -2.00. The third-order valence-electron chi connectivity index (χ3n) is 3.07. The number of aromatic carboxylic acids is 2. The van der Waals surface area contributed by atoms with Crippen molar-refractivity contribution in [3.05, 3.63) is 35.4 Å². The van der Waals surface area contributed by atoms with E-state index in [4.69, 9.17) is 30.6 Å². The molecule has 6 N–H and O–H groups in total. The van der Waals surface area contributed by atoms with Crippen molar-refractivity contribution in [1.29, 1.82) is 0 Å². The van der Waals surface area contributed by atoms with Gasteiger partial charge in [0.1, 0.15) is 0 Å². The smallest absolute Gasteiger partial charge is 0.335 e. The topological polar surface area (TPSA) is 156 Å². The summed E-state index contributed by atoms with van der Waals surface area (Å²) in [4.78, 5) is 20.8. The summed E-state index contributed by atoms with van der Waals surface area (Å²) in [5.74, 6) is -2.25. The van der Waals surface area contributed by atoms with Crippen LogP contribution in [0.1, 0.15) is 48.4 Å². The number of benzene rings is 1. The molecular weight excluding hydrogens is 344 g/mol. The van der Waals surface area contributed by atoms with Gasteiger partial charge in [0.2, 0.25) is 0 Å². The van der Waals surface area contributed by atoms with Gasteiger partial charge < -0.3 is 30.6 Å². The molecule has 0 aromatic heterocycles.